The van der Waals surface area contributed by atoms with Crippen molar-refractivity contribution >= 4 is 5.91 Å². The van der Waals surface area contributed by atoms with Gasteiger partial charge in [0.25, 0.3) is 0 Å². The van der Waals surface area contributed by atoms with Crippen LogP contribution in [0.15, 0.2) is 24.5 Å². The van der Waals surface area contributed by atoms with Gasteiger partial charge in [-0.3, -0.25) is 9.78 Å². The largest absolute Gasteiger partial charge is 0.396 e. The molecular formula is C14H20N2O2. The van der Waals surface area contributed by atoms with Crippen LogP contribution in [0.3, 0.4) is 0 Å². The molecule has 1 aliphatic rings. The van der Waals surface area contributed by atoms with E-state index in [1.165, 1.54) is 0 Å². The fourth-order valence-corrected chi connectivity index (χ4v) is 2.59. The molecule has 0 bridgehead atoms. The highest BCUT2D eigenvalue weighted by molar-refractivity contribution is 5.79. The van der Waals surface area contributed by atoms with Gasteiger partial charge >= 0.3 is 0 Å². The van der Waals surface area contributed by atoms with Crippen LogP contribution in [0.2, 0.25) is 0 Å². The Morgan fingerprint density at radius 2 is 2.28 bits per heavy atom. The quantitative estimate of drug-likeness (QED) is 0.848. The molecule has 0 spiro atoms. The lowest BCUT2D eigenvalue weighted by Crippen LogP contribution is -2.37. The van der Waals surface area contributed by atoms with Crippen LogP contribution in [0.1, 0.15) is 31.2 Å². The molecular weight excluding hydrogens is 228 g/mol. The number of aliphatic hydroxyl groups is 1. The van der Waals surface area contributed by atoms with E-state index in [0.717, 1.165) is 31.2 Å². The van der Waals surface area contributed by atoms with Crippen molar-refractivity contribution in [2.24, 2.45) is 11.8 Å². The molecule has 2 unspecified atom stereocenters. The maximum Gasteiger partial charge on any atom is 0.223 e. The highest BCUT2D eigenvalue weighted by Gasteiger charge is 2.29. The molecule has 0 aromatic carbocycles. The first-order valence-corrected chi connectivity index (χ1v) is 6.58. The van der Waals surface area contributed by atoms with Crippen molar-refractivity contribution in [2.75, 3.05) is 6.61 Å². The summed E-state index contributed by atoms with van der Waals surface area (Å²) in [6.45, 7) is 0.631. The van der Waals surface area contributed by atoms with Crippen molar-refractivity contribution in [3.8, 4) is 0 Å². The Balaban J connectivity index is 1.87. The number of aromatic nitrogens is 1. The highest BCUT2D eigenvalue weighted by Crippen LogP contribution is 2.29. The van der Waals surface area contributed by atoms with Crippen LogP contribution in [0, 0.1) is 11.8 Å². The first-order chi connectivity index (χ1) is 8.81. The second-order valence-electron chi connectivity index (χ2n) is 4.91. The van der Waals surface area contributed by atoms with E-state index in [2.05, 4.69) is 10.3 Å². The number of hydrogen-bond donors (Lipinski definition) is 2. The summed E-state index contributed by atoms with van der Waals surface area (Å²) in [7, 11) is 0. The van der Waals surface area contributed by atoms with Crippen molar-refractivity contribution in [3.63, 3.8) is 0 Å². The van der Waals surface area contributed by atoms with Crippen LogP contribution >= 0.6 is 0 Å². The summed E-state index contributed by atoms with van der Waals surface area (Å²) in [5, 5.41) is 12.2. The molecule has 0 saturated heterocycles. The number of pyridine rings is 1. The molecule has 1 saturated carbocycles. The number of carbonyl (C=O) groups is 1. The monoisotopic (exact) mass is 248 g/mol. The Labute approximate surface area is 107 Å². The summed E-state index contributed by atoms with van der Waals surface area (Å²) in [6.07, 6.45) is 7.53. The van der Waals surface area contributed by atoms with Crippen LogP contribution in [-0.2, 0) is 11.3 Å². The van der Waals surface area contributed by atoms with Crippen LogP contribution in [0.4, 0.5) is 0 Å². The van der Waals surface area contributed by atoms with E-state index in [-0.39, 0.29) is 24.3 Å². The first kappa shape index (κ1) is 13.0. The number of amides is 1. The number of nitrogens with one attached hydrogen (secondary N) is 1. The molecule has 2 rings (SSSR count). The first-order valence-electron chi connectivity index (χ1n) is 6.58. The lowest BCUT2D eigenvalue weighted by atomic mass is 9.79. The summed E-state index contributed by atoms with van der Waals surface area (Å²) in [5.74, 6) is 0.172. The standard InChI is InChI=1S/C14H20N2O2/c17-10-12-5-1-2-6-13(12)14(18)16-9-11-4-3-7-15-8-11/h3-4,7-8,12-13,17H,1-2,5-6,9-10H2,(H,16,18). The number of hydrogen-bond acceptors (Lipinski definition) is 3. The molecule has 2 atom stereocenters. The summed E-state index contributed by atoms with van der Waals surface area (Å²) in [4.78, 5) is 16.1. The molecule has 1 aliphatic carbocycles. The molecule has 4 nitrogen and oxygen atoms in total. The minimum absolute atomic E-state index is 0.0274. The Morgan fingerprint density at radius 1 is 1.44 bits per heavy atom. The second kappa shape index (κ2) is 6.50. The maximum atomic E-state index is 12.1. The van der Waals surface area contributed by atoms with E-state index < -0.39 is 0 Å². The van der Waals surface area contributed by atoms with Crippen molar-refractivity contribution in [1.82, 2.24) is 10.3 Å². The highest BCUT2D eigenvalue weighted by atomic mass is 16.3. The predicted molar refractivity (Wildman–Crippen MR) is 68.6 cm³/mol. The lowest BCUT2D eigenvalue weighted by Gasteiger charge is -2.29. The smallest absolute Gasteiger partial charge is 0.223 e. The van der Waals surface area contributed by atoms with Gasteiger partial charge in [0, 0.05) is 31.5 Å². The predicted octanol–water partition coefficient (Wildman–Crippen LogP) is 1.50. The summed E-state index contributed by atoms with van der Waals surface area (Å²) in [5.41, 5.74) is 1.00. The number of carbonyl (C=O) groups excluding carboxylic acids is 1. The third-order valence-corrected chi connectivity index (χ3v) is 3.67. The zero-order valence-electron chi connectivity index (χ0n) is 10.5. The molecule has 2 N–H and O–H groups in total. The van der Waals surface area contributed by atoms with Crippen molar-refractivity contribution < 1.29 is 9.90 Å². The van der Waals surface area contributed by atoms with Gasteiger partial charge in [-0.2, -0.15) is 0 Å². The van der Waals surface area contributed by atoms with E-state index >= 15 is 0 Å². The SMILES string of the molecule is O=C(NCc1cccnc1)C1CCCCC1CO. The van der Waals surface area contributed by atoms with Gasteiger partial charge in [0.05, 0.1) is 0 Å². The lowest BCUT2D eigenvalue weighted by molar-refractivity contribution is -0.128. The molecule has 98 valence electrons. The summed E-state index contributed by atoms with van der Waals surface area (Å²) in [6, 6.07) is 3.80. The van der Waals surface area contributed by atoms with E-state index in [1.807, 2.05) is 12.1 Å². The third-order valence-electron chi connectivity index (χ3n) is 3.67. The van der Waals surface area contributed by atoms with Gasteiger partial charge in [-0.15, -0.1) is 0 Å². The third kappa shape index (κ3) is 3.29. The van der Waals surface area contributed by atoms with E-state index in [0.29, 0.717) is 6.54 Å². The van der Waals surface area contributed by atoms with Crippen molar-refractivity contribution in [2.45, 2.75) is 32.2 Å². The number of nitrogens with zero attached hydrogens (tertiary/aromatic N) is 1. The Kier molecular flexibility index (Phi) is 4.70. The molecule has 4 heteroatoms. The van der Waals surface area contributed by atoms with Gasteiger partial charge in [-0.1, -0.05) is 18.9 Å². The normalized spacial score (nSPS) is 23.6. The minimum Gasteiger partial charge on any atom is -0.396 e. The van der Waals surface area contributed by atoms with E-state index in [4.69, 9.17) is 0 Å². The van der Waals surface area contributed by atoms with Gasteiger partial charge < -0.3 is 10.4 Å². The Bertz CT molecular complexity index is 381. The van der Waals surface area contributed by atoms with Crippen LogP contribution < -0.4 is 5.32 Å². The molecule has 1 heterocycles. The molecule has 0 aliphatic heterocycles. The van der Waals surface area contributed by atoms with Crippen molar-refractivity contribution in [3.05, 3.63) is 30.1 Å². The van der Waals surface area contributed by atoms with Gasteiger partial charge in [-0.25, -0.2) is 0 Å². The summed E-state index contributed by atoms with van der Waals surface area (Å²) < 4.78 is 0. The van der Waals surface area contributed by atoms with E-state index in [9.17, 15) is 9.90 Å². The zero-order valence-corrected chi connectivity index (χ0v) is 10.5. The van der Waals surface area contributed by atoms with Crippen LogP contribution in [0.5, 0.6) is 0 Å². The second-order valence-corrected chi connectivity index (χ2v) is 4.91. The molecule has 1 aromatic rings. The zero-order chi connectivity index (χ0) is 12.8. The molecule has 1 amide bonds. The number of rotatable bonds is 4. The van der Waals surface area contributed by atoms with Gasteiger partial charge in [0.1, 0.15) is 0 Å². The van der Waals surface area contributed by atoms with Crippen molar-refractivity contribution in [1.29, 1.82) is 0 Å². The average molecular weight is 248 g/mol. The van der Waals surface area contributed by atoms with Gasteiger partial charge in [0.15, 0.2) is 0 Å². The molecule has 18 heavy (non-hydrogen) atoms. The maximum absolute atomic E-state index is 12.1. The molecule has 1 fully saturated rings. The van der Waals surface area contributed by atoms with Crippen LogP contribution in [0.25, 0.3) is 0 Å². The molecule has 0 radical (unpaired) electrons. The van der Waals surface area contributed by atoms with Crippen LogP contribution in [-0.4, -0.2) is 22.6 Å². The number of aliphatic hydroxyl groups excluding tert-OH is 1. The van der Waals surface area contributed by atoms with E-state index in [1.54, 1.807) is 12.4 Å². The Hall–Kier alpha value is -1.42. The van der Waals surface area contributed by atoms with Gasteiger partial charge in [0.2, 0.25) is 5.91 Å². The minimum atomic E-state index is -0.0274. The molecule has 1 aromatic heterocycles. The average Bonchev–Trinajstić information content (AvgIpc) is 2.45. The Morgan fingerprint density at radius 3 is 3.00 bits per heavy atom. The fraction of sp³-hybridized carbons (Fsp3) is 0.571. The summed E-state index contributed by atoms with van der Waals surface area (Å²) >= 11 is 0. The van der Waals surface area contributed by atoms with Gasteiger partial charge in [-0.05, 0) is 30.4 Å². The fourth-order valence-electron chi connectivity index (χ4n) is 2.59. The topological polar surface area (TPSA) is 62.2 Å².